The van der Waals surface area contributed by atoms with Gasteiger partial charge in [0.25, 0.3) is 0 Å². The summed E-state index contributed by atoms with van der Waals surface area (Å²) in [5.41, 5.74) is 0. The summed E-state index contributed by atoms with van der Waals surface area (Å²) in [5.74, 6) is 0.535. The Morgan fingerprint density at radius 2 is 1.81 bits per heavy atom. The fraction of sp³-hybridized carbons (Fsp3) is 0.783. The third-order valence-corrected chi connectivity index (χ3v) is 8.57. The highest BCUT2D eigenvalue weighted by atomic mass is 32.2. The summed E-state index contributed by atoms with van der Waals surface area (Å²) in [6.45, 7) is 6.34. The number of carbonyl (C=O) groups is 2. The van der Waals surface area contributed by atoms with Gasteiger partial charge in [0.1, 0.15) is 5.25 Å². The lowest BCUT2D eigenvalue weighted by atomic mass is 9.85. The van der Waals surface area contributed by atoms with Crippen LogP contribution in [0.25, 0.3) is 0 Å². The van der Waals surface area contributed by atoms with Crippen LogP contribution in [0, 0.1) is 5.92 Å². The molecule has 8 heteroatoms. The number of hydrogen-bond acceptors (Lipinski definition) is 6. The quantitative estimate of drug-likeness (QED) is 0.288. The second-order valence-electron chi connectivity index (χ2n) is 8.89. The Morgan fingerprint density at radius 1 is 1.16 bits per heavy atom. The van der Waals surface area contributed by atoms with Crippen molar-refractivity contribution < 1.29 is 14.3 Å². The van der Waals surface area contributed by atoms with Gasteiger partial charge in [-0.3, -0.25) is 10.1 Å². The number of nitrogens with one attached hydrogen (secondary N) is 1. The first kappa shape index (κ1) is 24.4. The van der Waals surface area contributed by atoms with Crippen LogP contribution in [0.15, 0.2) is 10.4 Å². The maximum absolute atomic E-state index is 13.4. The van der Waals surface area contributed by atoms with E-state index in [4.69, 9.17) is 4.74 Å². The summed E-state index contributed by atoms with van der Waals surface area (Å²) >= 11 is 2.85. The predicted octanol–water partition coefficient (Wildman–Crippen LogP) is 6.32. The minimum Gasteiger partial charge on any atom is -0.465 e. The molecule has 2 amide bonds. The Labute approximate surface area is 194 Å². The van der Waals surface area contributed by atoms with Crippen molar-refractivity contribution in [1.29, 1.82) is 0 Å². The van der Waals surface area contributed by atoms with Gasteiger partial charge in [0.05, 0.1) is 17.0 Å². The van der Waals surface area contributed by atoms with Gasteiger partial charge < -0.3 is 9.64 Å². The van der Waals surface area contributed by atoms with Crippen LogP contribution in [-0.4, -0.2) is 45.8 Å². The largest absolute Gasteiger partial charge is 0.465 e. The molecule has 1 N–H and O–H groups in total. The van der Waals surface area contributed by atoms with Gasteiger partial charge in [0.15, 0.2) is 5.13 Å². The SMILES string of the molecule is CCOC(=O)C(C)Sc1cnc(NC(=O)N(C2CCCCCC2)[C@H]2CC[C@H](C)CC2)s1. The zero-order valence-corrected chi connectivity index (χ0v) is 20.7. The van der Waals surface area contributed by atoms with Gasteiger partial charge in [-0.2, -0.15) is 0 Å². The highest BCUT2D eigenvalue weighted by Gasteiger charge is 2.33. The van der Waals surface area contributed by atoms with E-state index in [-0.39, 0.29) is 17.3 Å². The second kappa shape index (κ2) is 12.1. The van der Waals surface area contributed by atoms with Crippen molar-refractivity contribution in [1.82, 2.24) is 9.88 Å². The number of hydrogen-bond donors (Lipinski definition) is 1. The maximum Gasteiger partial charge on any atom is 0.324 e. The van der Waals surface area contributed by atoms with E-state index in [2.05, 4.69) is 22.1 Å². The van der Waals surface area contributed by atoms with Gasteiger partial charge >= 0.3 is 12.0 Å². The van der Waals surface area contributed by atoms with Crippen molar-refractivity contribution in [2.45, 2.75) is 107 Å². The summed E-state index contributed by atoms with van der Waals surface area (Å²) in [6, 6.07) is 0.659. The summed E-state index contributed by atoms with van der Waals surface area (Å²) < 4.78 is 5.98. The summed E-state index contributed by atoms with van der Waals surface area (Å²) in [4.78, 5) is 31.9. The lowest BCUT2D eigenvalue weighted by Gasteiger charge is -2.40. The Bertz CT molecular complexity index is 711. The van der Waals surface area contributed by atoms with Crippen LogP contribution in [0.4, 0.5) is 9.93 Å². The second-order valence-corrected chi connectivity index (χ2v) is 11.6. The third kappa shape index (κ3) is 7.11. The van der Waals surface area contributed by atoms with Gasteiger partial charge in [-0.1, -0.05) is 55.7 Å². The molecular weight excluding hydrogens is 430 g/mol. The molecule has 2 saturated carbocycles. The van der Waals surface area contributed by atoms with E-state index in [0.717, 1.165) is 35.8 Å². The van der Waals surface area contributed by atoms with Crippen LogP contribution in [0.1, 0.15) is 85.0 Å². The molecule has 31 heavy (non-hydrogen) atoms. The molecule has 0 aliphatic heterocycles. The van der Waals surface area contributed by atoms with Crippen LogP contribution in [0.3, 0.4) is 0 Å². The number of amides is 2. The molecule has 0 saturated heterocycles. The van der Waals surface area contributed by atoms with Crippen LogP contribution < -0.4 is 5.32 Å². The van der Waals surface area contributed by atoms with Gasteiger partial charge in [0.2, 0.25) is 0 Å². The fourth-order valence-corrected chi connectivity index (χ4v) is 6.72. The molecular formula is C23H37N3O3S2. The minimum absolute atomic E-state index is 0.00389. The van der Waals surface area contributed by atoms with Crippen molar-refractivity contribution in [3.05, 3.63) is 6.20 Å². The molecule has 2 aliphatic carbocycles. The topological polar surface area (TPSA) is 71.5 Å². The van der Waals surface area contributed by atoms with E-state index >= 15 is 0 Å². The zero-order chi connectivity index (χ0) is 22.2. The molecule has 0 aromatic carbocycles. The van der Waals surface area contributed by atoms with Crippen molar-refractivity contribution in [2.75, 3.05) is 11.9 Å². The summed E-state index contributed by atoms with van der Waals surface area (Å²) in [6.07, 6.45) is 13.5. The van der Waals surface area contributed by atoms with E-state index < -0.39 is 0 Å². The molecule has 2 aliphatic rings. The lowest BCUT2D eigenvalue weighted by Crippen LogP contribution is -2.50. The molecule has 6 nitrogen and oxygen atoms in total. The Kier molecular flexibility index (Phi) is 9.50. The summed E-state index contributed by atoms with van der Waals surface area (Å²) in [5, 5.41) is 3.39. The number of thiazole rings is 1. The van der Waals surface area contributed by atoms with Crippen molar-refractivity contribution in [3.8, 4) is 0 Å². The van der Waals surface area contributed by atoms with Gasteiger partial charge in [-0.05, 0) is 58.3 Å². The number of esters is 1. The van der Waals surface area contributed by atoms with Crippen molar-refractivity contribution in [2.24, 2.45) is 5.92 Å². The zero-order valence-electron chi connectivity index (χ0n) is 19.1. The molecule has 0 spiro atoms. The number of aromatic nitrogens is 1. The number of urea groups is 1. The van der Waals surface area contributed by atoms with Crippen LogP contribution in [0.2, 0.25) is 0 Å². The first-order valence-electron chi connectivity index (χ1n) is 11.9. The number of thioether (sulfide) groups is 1. The summed E-state index contributed by atoms with van der Waals surface area (Å²) in [7, 11) is 0. The third-order valence-electron chi connectivity index (χ3n) is 6.44. The normalized spacial score (nSPS) is 23.6. The van der Waals surface area contributed by atoms with Crippen LogP contribution in [-0.2, 0) is 9.53 Å². The number of carbonyl (C=O) groups excluding carboxylic acids is 2. The molecule has 1 atom stereocenters. The number of rotatable bonds is 7. The van der Waals surface area contributed by atoms with Crippen molar-refractivity contribution >= 4 is 40.2 Å². The van der Waals surface area contributed by atoms with Crippen LogP contribution in [0.5, 0.6) is 0 Å². The molecule has 2 fully saturated rings. The number of anilines is 1. The van der Waals surface area contributed by atoms with Gasteiger partial charge in [-0.15, -0.1) is 0 Å². The lowest BCUT2D eigenvalue weighted by molar-refractivity contribution is -0.142. The van der Waals surface area contributed by atoms with Crippen LogP contribution >= 0.6 is 23.1 Å². The minimum atomic E-state index is -0.296. The molecule has 1 unspecified atom stereocenters. The monoisotopic (exact) mass is 467 g/mol. The molecule has 0 radical (unpaired) electrons. The number of ether oxygens (including phenoxy) is 1. The molecule has 174 valence electrons. The van der Waals surface area contributed by atoms with E-state index in [1.54, 1.807) is 6.20 Å². The Balaban J connectivity index is 1.65. The van der Waals surface area contributed by atoms with E-state index in [1.165, 1.54) is 61.6 Å². The molecule has 1 aromatic rings. The molecule has 0 bridgehead atoms. The highest BCUT2D eigenvalue weighted by molar-refractivity contribution is 8.02. The molecule has 1 heterocycles. The molecule has 3 rings (SSSR count). The smallest absolute Gasteiger partial charge is 0.324 e. The number of nitrogens with zero attached hydrogens (tertiary/aromatic N) is 2. The highest BCUT2D eigenvalue weighted by Crippen LogP contribution is 2.34. The van der Waals surface area contributed by atoms with E-state index in [1.807, 2.05) is 13.8 Å². The first-order valence-corrected chi connectivity index (χ1v) is 13.6. The van der Waals surface area contributed by atoms with E-state index in [9.17, 15) is 9.59 Å². The average molecular weight is 468 g/mol. The van der Waals surface area contributed by atoms with Gasteiger partial charge in [-0.25, -0.2) is 9.78 Å². The molecule has 1 aromatic heterocycles. The average Bonchev–Trinajstić information content (AvgIpc) is 3.01. The van der Waals surface area contributed by atoms with Gasteiger partial charge in [0, 0.05) is 12.1 Å². The van der Waals surface area contributed by atoms with Crippen molar-refractivity contribution in [3.63, 3.8) is 0 Å². The maximum atomic E-state index is 13.4. The standard InChI is InChI=1S/C23H37N3O3S2/c1-4-29-21(27)17(3)30-20-15-24-22(31-20)25-23(28)26(18-9-7-5-6-8-10-18)19-13-11-16(2)12-14-19/h15-19H,4-14H2,1-3H3,(H,24,25,28)/t16-,17?,19-. The fourth-order valence-electron chi connectivity index (χ4n) is 4.70. The Morgan fingerprint density at radius 3 is 2.45 bits per heavy atom. The predicted molar refractivity (Wildman–Crippen MR) is 128 cm³/mol. The Hall–Kier alpha value is -1.28. The first-order chi connectivity index (χ1) is 15.0. The van der Waals surface area contributed by atoms with E-state index in [0.29, 0.717) is 23.8 Å².